The summed E-state index contributed by atoms with van der Waals surface area (Å²) in [5.74, 6) is -2.32. The number of hydrogen-bond donors (Lipinski definition) is 4. The molecule has 4 N–H and O–H groups in total. The second-order valence-corrected chi connectivity index (χ2v) is 17.8. The molecule has 366 valence electrons. The molecule has 2 bridgehead atoms. The van der Waals surface area contributed by atoms with Crippen LogP contribution in [0.2, 0.25) is 0 Å². The smallest absolute Gasteiger partial charge is 0.407 e. The van der Waals surface area contributed by atoms with E-state index in [1.807, 2.05) is 63.8 Å². The summed E-state index contributed by atoms with van der Waals surface area (Å²) in [7, 11) is 2.50. The monoisotopic (exact) mass is 939 g/mol. The molecule has 1 unspecified atom stereocenters. The van der Waals surface area contributed by atoms with Crippen molar-refractivity contribution in [2.75, 3.05) is 27.3 Å². The van der Waals surface area contributed by atoms with Gasteiger partial charge in [0.15, 0.2) is 0 Å². The number of piperidine rings is 1. The molecule has 2 saturated carbocycles. The Labute approximate surface area is 398 Å². The predicted molar refractivity (Wildman–Crippen MR) is 260 cm³/mol. The van der Waals surface area contributed by atoms with Gasteiger partial charge in [0, 0.05) is 29.3 Å². The average Bonchev–Trinajstić information content (AvgIpc) is 3.93. The molecule has 5 aromatic rings. The van der Waals surface area contributed by atoms with E-state index in [4.69, 9.17) is 9.72 Å². The number of benzene rings is 3. The van der Waals surface area contributed by atoms with Crippen LogP contribution in [0.1, 0.15) is 129 Å². The van der Waals surface area contributed by atoms with E-state index in [9.17, 15) is 19.2 Å². The topological polar surface area (TPSA) is 175 Å². The molecule has 4 aliphatic rings. The van der Waals surface area contributed by atoms with E-state index < -0.39 is 24.2 Å². The van der Waals surface area contributed by atoms with Crippen molar-refractivity contribution in [2.24, 2.45) is 11.3 Å². The second-order valence-electron chi connectivity index (χ2n) is 17.8. The molecule has 14 nitrogen and oxygen atoms in total. The first-order valence-electron chi connectivity index (χ1n) is 24.2. The number of rotatable bonds is 12. The molecule has 4 amide bonds. The lowest BCUT2D eigenvalue weighted by Crippen LogP contribution is -2.49. The maximum absolute atomic E-state index is 16.5. The van der Waals surface area contributed by atoms with Gasteiger partial charge in [-0.15, -0.1) is 0 Å². The van der Waals surface area contributed by atoms with Crippen LogP contribution in [-0.2, 0) is 31.5 Å². The molecule has 3 fully saturated rings. The van der Waals surface area contributed by atoms with Gasteiger partial charge in [-0.05, 0) is 96.4 Å². The van der Waals surface area contributed by atoms with Crippen molar-refractivity contribution in [3.8, 4) is 33.5 Å². The molecule has 0 spiro atoms. The van der Waals surface area contributed by atoms with E-state index in [-0.39, 0.29) is 59.4 Å². The lowest BCUT2D eigenvalue weighted by Gasteiger charge is -2.34. The van der Waals surface area contributed by atoms with Gasteiger partial charge in [-0.2, -0.15) is 8.78 Å². The number of fused-ring (bicyclic) bond motifs is 6. The summed E-state index contributed by atoms with van der Waals surface area (Å²) >= 11 is 0. The number of aromatic nitrogens is 4. The molecule has 3 aliphatic carbocycles. The van der Waals surface area contributed by atoms with E-state index >= 15 is 8.78 Å². The van der Waals surface area contributed by atoms with Crippen molar-refractivity contribution in [3.05, 3.63) is 83.6 Å². The highest BCUT2D eigenvalue weighted by molar-refractivity contribution is 5.88. The zero-order valence-corrected chi connectivity index (χ0v) is 41.1. The molecule has 3 heterocycles. The number of amides is 4. The molecule has 4 atom stereocenters. The van der Waals surface area contributed by atoms with Crippen molar-refractivity contribution in [1.82, 2.24) is 40.4 Å². The highest BCUT2D eigenvalue weighted by atomic mass is 19.3. The molecular weight excluding hydrogens is 871 g/mol. The number of carbonyl (C=O) groups excluding carboxylic acids is 4. The summed E-state index contributed by atoms with van der Waals surface area (Å²) in [6.45, 7) is 16.7. The number of H-pyrrole nitrogens is 2. The van der Waals surface area contributed by atoms with E-state index in [0.29, 0.717) is 58.1 Å². The first kappa shape index (κ1) is 51.1. The minimum absolute atomic E-state index is 0.0160. The van der Waals surface area contributed by atoms with Crippen LogP contribution in [0.4, 0.5) is 18.4 Å². The largest absolute Gasteiger partial charge is 0.453 e. The zero-order valence-electron chi connectivity index (χ0n) is 41.1. The lowest BCUT2D eigenvalue weighted by atomic mass is 9.98. The number of methoxy groups -OCH3 is 2. The minimum Gasteiger partial charge on any atom is -0.453 e. The van der Waals surface area contributed by atoms with Crippen LogP contribution in [0, 0.1) is 11.3 Å². The maximum Gasteiger partial charge on any atom is 0.407 e. The molecule has 1 saturated heterocycles. The number of nitrogens with one attached hydrogen (secondary N) is 4. The Hall–Kier alpha value is -6.32. The maximum atomic E-state index is 16.5. The Bertz CT molecular complexity index is 2590. The van der Waals surface area contributed by atoms with Crippen LogP contribution in [-0.4, -0.2) is 93.1 Å². The number of alkyl halides is 2. The Balaban J connectivity index is 0.00000103. The first-order chi connectivity index (χ1) is 32.7. The third-order valence-corrected chi connectivity index (χ3v) is 13.0. The molecule has 2 aromatic heterocycles. The van der Waals surface area contributed by atoms with E-state index in [0.717, 1.165) is 43.2 Å². The summed E-state index contributed by atoms with van der Waals surface area (Å²) < 4.78 is 42.4. The molecule has 1 aliphatic heterocycles. The SMILES string of the molecule is CC.CC.CCC.CC[C@@H](NC(=O)OC)C(=O)N(Cc1ncc(-c2ccc3c(c2)C(F)(F)c2cc(-c4ccc5nc(C6[C@H]7CC[C@H](C7)N6C(=O)CNC(=O)OC)[nH]c5c4)ccc2-3)[nH]1)CC1(C)CC1. The summed E-state index contributed by atoms with van der Waals surface area (Å²) in [5.41, 5.74) is 4.57. The van der Waals surface area contributed by atoms with E-state index in [2.05, 4.69) is 51.1 Å². The van der Waals surface area contributed by atoms with E-state index in [1.165, 1.54) is 26.7 Å². The number of ether oxygens (including phenoxy) is 2. The van der Waals surface area contributed by atoms with Crippen LogP contribution < -0.4 is 10.6 Å². The van der Waals surface area contributed by atoms with Gasteiger partial charge in [0.2, 0.25) is 11.8 Å². The zero-order chi connectivity index (χ0) is 49.5. The number of imidazole rings is 2. The number of halogens is 2. The number of nitrogens with zero attached hydrogens (tertiary/aromatic N) is 4. The van der Waals surface area contributed by atoms with Gasteiger partial charge in [0.25, 0.3) is 5.92 Å². The third kappa shape index (κ3) is 10.5. The number of hydrogen-bond acceptors (Lipinski definition) is 8. The van der Waals surface area contributed by atoms with Crippen molar-refractivity contribution >= 4 is 35.0 Å². The third-order valence-electron chi connectivity index (χ3n) is 13.0. The van der Waals surface area contributed by atoms with Gasteiger partial charge in [0.1, 0.15) is 24.2 Å². The van der Waals surface area contributed by atoms with Crippen LogP contribution >= 0.6 is 0 Å². The van der Waals surface area contributed by atoms with E-state index in [1.54, 1.807) is 35.4 Å². The average molecular weight is 939 g/mol. The molecular formula is C52H68F2N8O6. The lowest BCUT2D eigenvalue weighted by molar-refractivity contribution is -0.135. The van der Waals surface area contributed by atoms with Crippen LogP contribution in [0.15, 0.2) is 60.8 Å². The highest BCUT2D eigenvalue weighted by Crippen LogP contribution is 2.53. The highest BCUT2D eigenvalue weighted by Gasteiger charge is 2.50. The Morgan fingerprint density at radius 2 is 1.49 bits per heavy atom. The van der Waals surface area contributed by atoms with Crippen LogP contribution in [0.3, 0.4) is 0 Å². The fourth-order valence-electron chi connectivity index (χ4n) is 9.50. The normalized spacial score (nSPS) is 18.8. The van der Waals surface area contributed by atoms with Gasteiger partial charge >= 0.3 is 12.2 Å². The molecule has 0 radical (unpaired) electrons. The predicted octanol–water partition coefficient (Wildman–Crippen LogP) is 10.9. The fraction of sp³-hybridized carbons (Fsp3) is 0.500. The van der Waals surface area contributed by atoms with Gasteiger partial charge in [-0.3, -0.25) is 9.59 Å². The number of carbonyl (C=O) groups is 4. The molecule has 68 heavy (non-hydrogen) atoms. The quantitative estimate of drug-likeness (QED) is 0.0956. The van der Waals surface area contributed by atoms with Crippen LogP contribution in [0.5, 0.6) is 0 Å². The first-order valence-corrected chi connectivity index (χ1v) is 24.2. The van der Waals surface area contributed by atoms with Crippen molar-refractivity contribution < 1.29 is 37.4 Å². The summed E-state index contributed by atoms with van der Waals surface area (Å²) in [5, 5.41) is 5.12. The summed E-state index contributed by atoms with van der Waals surface area (Å²) in [4.78, 5) is 70.2. The standard InChI is InChI=1S/C45H48F2N8O6.C3H8.2C2H6/c1-5-33(53-43(59)61-4)41(57)54(23-44(2)14-15-44)22-37-48-20-36(50-37)26-8-12-30-29-11-7-24(17-31(29)45(46,47)32(30)18-26)25-9-13-34-35(19-25)52-40(51-34)39-27-6-10-28(16-27)55(39)38(56)21-49-42(58)60-3;1-3-2;2*1-2/h7-9,11-13,17-20,27-28,33,39H,5-6,10,14-16,21-23H2,1-4H3,(H,48,50)(H,49,58)(H,51,52)(H,53,59);3H2,1-2H3;2*1-2H3/t27-,28+,33+,39?;;;/m0.../s1. The molecule has 9 rings (SSSR count). The van der Waals surface area contributed by atoms with Gasteiger partial charge in [-0.25, -0.2) is 19.6 Å². The van der Waals surface area contributed by atoms with Crippen LogP contribution in [0.25, 0.3) is 44.5 Å². The van der Waals surface area contributed by atoms with Gasteiger partial charge in [-0.1, -0.05) is 92.1 Å². The molecule has 16 heteroatoms. The minimum atomic E-state index is -3.28. The fourth-order valence-corrected chi connectivity index (χ4v) is 9.50. The van der Waals surface area contributed by atoms with Crippen molar-refractivity contribution in [3.63, 3.8) is 0 Å². The van der Waals surface area contributed by atoms with Gasteiger partial charge < -0.3 is 39.9 Å². The Morgan fingerprint density at radius 1 is 0.868 bits per heavy atom. The van der Waals surface area contributed by atoms with Crippen molar-refractivity contribution in [2.45, 2.75) is 131 Å². The summed E-state index contributed by atoms with van der Waals surface area (Å²) in [6.07, 6.45) is 6.58. The Morgan fingerprint density at radius 3 is 2.12 bits per heavy atom. The number of likely N-dealkylation sites (tertiary alicyclic amines) is 1. The van der Waals surface area contributed by atoms with Gasteiger partial charge in [0.05, 0.1) is 49.7 Å². The number of alkyl carbamates (subject to hydrolysis) is 2. The Kier molecular flexibility index (Phi) is 16.3. The molecule has 3 aromatic carbocycles. The summed E-state index contributed by atoms with van der Waals surface area (Å²) in [6, 6.07) is 14.8. The number of aromatic amines is 2. The second kappa shape index (κ2) is 21.8. The van der Waals surface area contributed by atoms with Crippen molar-refractivity contribution in [1.29, 1.82) is 0 Å².